The minimum atomic E-state index is -0.265. The Morgan fingerprint density at radius 3 is 2.67 bits per heavy atom. The van der Waals surface area contributed by atoms with Crippen LogP contribution >= 0.6 is 23.2 Å². The molecule has 0 unspecified atom stereocenters. The summed E-state index contributed by atoms with van der Waals surface area (Å²) in [6.07, 6.45) is 9.41. The lowest BCUT2D eigenvalue weighted by atomic mass is 9.95. The maximum absolute atomic E-state index is 12.4. The van der Waals surface area contributed by atoms with E-state index in [1.54, 1.807) is 30.6 Å². The highest BCUT2D eigenvalue weighted by Gasteiger charge is 2.15. The molecule has 1 aromatic carbocycles. The molecule has 0 bridgehead atoms. The van der Waals surface area contributed by atoms with Crippen molar-refractivity contribution in [1.29, 1.82) is 0 Å². The van der Waals surface area contributed by atoms with Crippen LogP contribution in [0.5, 0.6) is 0 Å². The highest BCUT2D eigenvalue weighted by molar-refractivity contribution is 6.35. The lowest BCUT2D eigenvalue weighted by Gasteiger charge is -2.23. The van der Waals surface area contributed by atoms with Gasteiger partial charge in [-0.2, -0.15) is 0 Å². The summed E-state index contributed by atoms with van der Waals surface area (Å²) in [6.45, 7) is 0. The third kappa shape index (κ3) is 4.40. The van der Waals surface area contributed by atoms with Crippen molar-refractivity contribution in [3.63, 3.8) is 0 Å². The molecule has 1 amide bonds. The molecular weight excluding hydrogens is 345 g/mol. The smallest absolute Gasteiger partial charge is 0.257 e. The topological polar surface area (TPSA) is 54.0 Å². The van der Waals surface area contributed by atoms with E-state index >= 15 is 0 Å². The van der Waals surface area contributed by atoms with E-state index < -0.39 is 0 Å². The monoisotopic (exact) mass is 363 g/mol. The average Bonchev–Trinajstić information content (AvgIpc) is 2.59. The number of hydrogen-bond acceptors (Lipinski definition) is 3. The van der Waals surface area contributed by atoms with Gasteiger partial charge >= 0.3 is 0 Å². The lowest BCUT2D eigenvalue weighted by Crippen LogP contribution is -2.22. The number of anilines is 2. The van der Waals surface area contributed by atoms with E-state index in [1.807, 2.05) is 6.07 Å². The standard InChI is InChI=1S/C18H19Cl2N3O/c19-13-6-7-16(20)17(9-13)23-18(24)12-8-15(11-21-10-12)22-14-4-2-1-3-5-14/h6-11,14,22H,1-5H2,(H,23,24). The zero-order chi connectivity index (χ0) is 16.9. The first-order valence-corrected chi connectivity index (χ1v) is 8.85. The summed E-state index contributed by atoms with van der Waals surface area (Å²) in [7, 11) is 0. The van der Waals surface area contributed by atoms with Gasteiger partial charge in [-0.1, -0.05) is 42.5 Å². The molecule has 1 aliphatic carbocycles. The molecule has 4 nitrogen and oxygen atoms in total. The normalized spacial score (nSPS) is 15.1. The van der Waals surface area contributed by atoms with Gasteiger partial charge in [0.15, 0.2) is 0 Å². The second-order valence-electron chi connectivity index (χ2n) is 6.02. The Hall–Kier alpha value is -1.78. The van der Waals surface area contributed by atoms with Gasteiger partial charge in [0.1, 0.15) is 0 Å². The van der Waals surface area contributed by atoms with Crippen LogP contribution in [-0.4, -0.2) is 16.9 Å². The van der Waals surface area contributed by atoms with Crippen molar-refractivity contribution in [2.75, 3.05) is 10.6 Å². The molecule has 1 fully saturated rings. The van der Waals surface area contributed by atoms with Crippen molar-refractivity contribution in [1.82, 2.24) is 4.98 Å². The summed E-state index contributed by atoms with van der Waals surface area (Å²) >= 11 is 12.0. The Morgan fingerprint density at radius 2 is 1.88 bits per heavy atom. The molecule has 6 heteroatoms. The number of amides is 1. The Bertz CT molecular complexity index is 730. The van der Waals surface area contributed by atoms with E-state index in [0.717, 1.165) is 18.5 Å². The Morgan fingerprint density at radius 1 is 1.08 bits per heavy atom. The molecule has 0 saturated heterocycles. The minimum Gasteiger partial charge on any atom is -0.381 e. The van der Waals surface area contributed by atoms with E-state index in [2.05, 4.69) is 15.6 Å². The first-order valence-electron chi connectivity index (χ1n) is 8.10. The summed E-state index contributed by atoms with van der Waals surface area (Å²) in [4.78, 5) is 16.6. The summed E-state index contributed by atoms with van der Waals surface area (Å²) in [6, 6.07) is 7.23. The second kappa shape index (κ2) is 7.86. The van der Waals surface area contributed by atoms with Crippen LogP contribution in [0.3, 0.4) is 0 Å². The summed E-state index contributed by atoms with van der Waals surface area (Å²) in [5.74, 6) is -0.265. The van der Waals surface area contributed by atoms with E-state index in [1.165, 1.54) is 19.3 Å². The number of aromatic nitrogens is 1. The second-order valence-corrected chi connectivity index (χ2v) is 6.86. The Kier molecular flexibility index (Phi) is 5.59. The number of hydrogen-bond donors (Lipinski definition) is 2. The van der Waals surface area contributed by atoms with Crippen LogP contribution in [0.2, 0.25) is 10.0 Å². The molecule has 1 aromatic heterocycles. The number of nitrogens with zero attached hydrogens (tertiary/aromatic N) is 1. The first kappa shape index (κ1) is 17.1. The van der Waals surface area contributed by atoms with Crippen molar-refractivity contribution >= 4 is 40.5 Å². The van der Waals surface area contributed by atoms with E-state index in [0.29, 0.717) is 27.3 Å². The molecule has 0 atom stereocenters. The molecule has 1 saturated carbocycles. The quantitative estimate of drug-likeness (QED) is 0.765. The molecule has 1 aliphatic rings. The average molecular weight is 364 g/mol. The number of nitrogens with one attached hydrogen (secondary N) is 2. The van der Waals surface area contributed by atoms with Gasteiger partial charge in [0, 0.05) is 23.5 Å². The fraction of sp³-hybridized carbons (Fsp3) is 0.333. The van der Waals surface area contributed by atoms with Gasteiger partial charge in [-0.25, -0.2) is 0 Å². The summed E-state index contributed by atoms with van der Waals surface area (Å²) in [5, 5.41) is 7.20. The maximum atomic E-state index is 12.4. The SMILES string of the molecule is O=C(Nc1cc(Cl)ccc1Cl)c1cncc(NC2CCCCC2)c1. The van der Waals surface area contributed by atoms with Gasteiger partial charge < -0.3 is 10.6 Å². The number of benzene rings is 1. The van der Waals surface area contributed by atoms with Gasteiger partial charge in [0.05, 0.1) is 22.0 Å². The predicted octanol–water partition coefficient (Wildman–Crippen LogP) is 5.39. The number of pyridine rings is 1. The number of carbonyl (C=O) groups is 1. The Balaban J connectivity index is 1.70. The van der Waals surface area contributed by atoms with Gasteiger partial charge in [0.25, 0.3) is 5.91 Å². The molecule has 0 aliphatic heterocycles. The van der Waals surface area contributed by atoms with E-state index in [4.69, 9.17) is 23.2 Å². The van der Waals surface area contributed by atoms with Gasteiger partial charge in [-0.3, -0.25) is 9.78 Å². The zero-order valence-electron chi connectivity index (χ0n) is 13.2. The largest absolute Gasteiger partial charge is 0.381 e. The maximum Gasteiger partial charge on any atom is 0.257 e. The first-order chi connectivity index (χ1) is 11.6. The van der Waals surface area contributed by atoms with Crippen LogP contribution < -0.4 is 10.6 Å². The fourth-order valence-electron chi connectivity index (χ4n) is 2.91. The van der Waals surface area contributed by atoms with Crippen LogP contribution in [0.4, 0.5) is 11.4 Å². The highest BCUT2D eigenvalue weighted by atomic mass is 35.5. The molecular formula is C18H19Cl2N3O. The summed E-state index contributed by atoms with van der Waals surface area (Å²) < 4.78 is 0. The predicted molar refractivity (Wildman–Crippen MR) is 99.1 cm³/mol. The van der Waals surface area contributed by atoms with Crippen molar-refractivity contribution in [2.45, 2.75) is 38.1 Å². The van der Waals surface area contributed by atoms with Crippen molar-refractivity contribution in [2.24, 2.45) is 0 Å². The third-order valence-corrected chi connectivity index (χ3v) is 4.72. The third-order valence-electron chi connectivity index (χ3n) is 4.15. The zero-order valence-corrected chi connectivity index (χ0v) is 14.7. The number of halogens is 2. The fourth-order valence-corrected chi connectivity index (χ4v) is 3.25. The molecule has 126 valence electrons. The number of rotatable bonds is 4. The van der Waals surface area contributed by atoms with Crippen LogP contribution in [0.15, 0.2) is 36.7 Å². The molecule has 24 heavy (non-hydrogen) atoms. The van der Waals surface area contributed by atoms with Crippen LogP contribution in [0, 0.1) is 0 Å². The van der Waals surface area contributed by atoms with E-state index in [-0.39, 0.29) is 5.91 Å². The van der Waals surface area contributed by atoms with Gasteiger partial charge in [-0.05, 0) is 37.1 Å². The molecule has 1 heterocycles. The lowest BCUT2D eigenvalue weighted by molar-refractivity contribution is 0.102. The van der Waals surface area contributed by atoms with Crippen molar-refractivity contribution < 1.29 is 4.79 Å². The van der Waals surface area contributed by atoms with Crippen LogP contribution in [-0.2, 0) is 0 Å². The molecule has 3 rings (SSSR count). The summed E-state index contributed by atoms with van der Waals surface area (Å²) in [5.41, 5.74) is 1.83. The van der Waals surface area contributed by atoms with Crippen molar-refractivity contribution in [3.05, 3.63) is 52.3 Å². The number of carbonyl (C=O) groups excluding carboxylic acids is 1. The molecule has 2 aromatic rings. The van der Waals surface area contributed by atoms with Crippen molar-refractivity contribution in [3.8, 4) is 0 Å². The van der Waals surface area contributed by atoms with E-state index in [9.17, 15) is 4.79 Å². The molecule has 0 radical (unpaired) electrons. The highest BCUT2D eigenvalue weighted by Crippen LogP contribution is 2.26. The minimum absolute atomic E-state index is 0.265. The molecule has 2 N–H and O–H groups in total. The molecule has 0 spiro atoms. The van der Waals surface area contributed by atoms with Gasteiger partial charge in [-0.15, -0.1) is 0 Å². The van der Waals surface area contributed by atoms with Crippen LogP contribution in [0.25, 0.3) is 0 Å². The van der Waals surface area contributed by atoms with Crippen LogP contribution in [0.1, 0.15) is 42.5 Å². The van der Waals surface area contributed by atoms with Gasteiger partial charge in [0.2, 0.25) is 0 Å². The Labute approximate surface area is 151 Å².